The predicted molar refractivity (Wildman–Crippen MR) is 91.4 cm³/mol. The lowest BCUT2D eigenvalue weighted by atomic mass is 10.1. The van der Waals surface area contributed by atoms with Crippen LogP contribution < -0.4 is 5.73 Å². The molecule has 0 atom stereocenters. The van der Waals surface area contributed by atoms with Crippen molar-refractivity contribution in [2.75, 3.05) is 38.5 Å². The summed E-state index contributed by atoms with van der Waals surface area (Å²) in [4.78, 5) is 15.1. The molecule has 2 rings (SSSR count). The topological polar surface area (TPSA) is 49.6 Å². The van der Waals surface area contributed by atoms with E-state index in [0.29, 0.717) is 11.3 Å². The van der Waals surface area contributed by atoms with Crippen LogP contribution >= 0.6 is 40.7 Å². The van der Waals surface area contributed by atoms with Crippen molar-refractivity contribution >= 4 is 52.3 Å². The summed E-state index contributed by atoms with van der Waals surface area (Å²) in [6.07, 6.45) is -4.21. The molecule has 1 aromatic carbocycles. The SMILES string of the molecule is Cl.Cl.Nc1cc(Br)ccc1C(=O)N1CCN(CC(F)(F)F)CC1. The number of benzene rings is 1. The van der Waals surface area contributed by atoms with Crippen LogP contribution in [0.5, 0.6) is 0 Å². The Morgan fingerprint density at radius 1 is 1.17 bits per heavy atom. The lowest BCUT2D eigenvalue weighted by Crippen LogP contribution is -2.51. The van der Waals surface area contributed by atoms with Crippen LogP contribution in [0.2, 0.25) is 0 Å². The van der Waals surface area contributed by atoms with Gasteiger partial charge in [0.1, 0.15) is 0 Å². The van der Waals surface area contributed by atoms with Crippen molar-refractivity contribution in [1.82, 2.24) is 9.80 Å². The predicted octanol–water partition coefficient (Wildman–Crippen LogP) is 3.20. The molecule has 0 aromatic heterocycles. The smallest absolute Gasteiger partial charge is 0.398 e. The number of nitrogens with zero attached hydrogens (tertiary/aromatic N) is 2. The first-order chi connectivity index (χ1) is 9.76. The second-order valence-electron chi connectivity index (χ2n) is 4.92. The van der Waals surface area contributed by atoms with Gasteiger partial charge in [-0.05, 0) is 18.2 Å². The van der Waals surface area contributed by atoms with Crippen LogP contribution in [0.3, 0.4) is 0 Å². The average Bonchev–Trinajstić information content (AvgIpc) is 2.37. The number of carbonyl (C=O) groups excluding carboxylic acids is 1. The largest absolute Gasteiger partial charge is 0.401 e. The van der Waals surface area contributed by atoms with Gasteiger partial charge in [-0.2, -0.15) is 13.2 Å². The molecule has 2 N–H and O–H groups in total. The van der Waals surface area contributed by atoms with E-state index in [1.165, 1.54) is 9.80 Å². The van der Waals surface area contributed by atoms with Crippen LogP contribution in [-0.4, -0.2) is 54.6 Å². The van der Waals surface area contributed by atoms with Crippen LogP contribution in [0.25, 0.3) is 0 Å². The van der Waals surface area contributed by atoms with E-state index in [1.807, 2.05) is 0 Å². The van der Waals surface area contributed by atoms with E-state index in [0.717, 1.165) is 4.47 Å². The molecule has 0 spiro atoms. The van der Waals surface area contributed by atoms with Gasteiger partial charge in [-0.3, -0.25) is 9.69 Å². The second kappa shape index (κ2) is 8.96. The van der Waals surface area contributed by atoms with Crippen molar-refractivity contribution in [3.8, 4) is 0 Å². The molecule has 23 heavy (non-hydrogen) atoms. The number of nitrogens with two attached hydrogens (primary N) is 1. The Labute approximate surface area is 153 Å². The second-order valence-corrected chi connectivity index (χ2v) is 5.83. The molecule has 0 unspecified atom stereocenters. The highest BCUT2D eigenvalue weighted by molar-refractivity contribution is 9.10. The molecule has 1 saturated heterocycles. The zero-order chi connectivity index (χ0) is 15.6. The fourth-order valence-electron chi connectivity index (χ4n) is 2.26. The number of anilines is 1. The van der Waals surface area contributed by atoms with Crippen LogP contribution in [-0.2, 0) is 0 Å². The fraction of sp³-hybridized carbons (Fsp3) is 0.462. The van der Waals surface area contributed by atoms with Crippen LogP contribution in [0, 0.1) is 0 Å². The van der Waals surface area contributed by atoms with Gasteiger partial charge in [0.25, 0.3) is 5.91 Å². The maximum atomic E-state index is 12.3. The summed E-state index contributed by atoms with van der Waals surface area (Å²) in [5.41, 5.74) is 6.53. The Kier molecular flexibility index (Phi) is 8.69. The van der Waals surface area contributed by atoms with E-state index >= 15 is 0 Å². The Balaban J connectivity index is 0.00000242. The molecule has 132 valence electrons. The number of alkyl halides is 3. The first kappa shape index (κ1) is 22.3. The van der Waals surface area contributed by atoms with E-state index in [-0.39, 0.29) is 56.9 Å². The number of nitrogen functional groups attached to an aromatic ring is 1. The maximum absolute atomic E-state index is 12.3. The molecular weight excluding hydrogens is 422 g/mol. The average molecular weight is 439 g/mol. The summed E-state index contributed by atoms with van der Waals surface area (Å²) in [5.74, 6) is -0.244. The van der Waals surface area contributed by atoms with Gasteiger partial charge < -0.3 is 10.6 Å². The summed E-state index contributed by atoms with van der Waals surface area (Å²) < 4.78 is 37.7. The maximum Gasteiger partial charge on any atom is 0.401 e. The van der Waals surface area contributed by atoms with Gasteiger partial charge in [-0.25, -0.2) is 0 Å². The van der Waals surface area contributed by atoms with E-state index in [9.17, 15) is 18.0 Å². The first-order valence-electron chi connectivity index (χ1n) is 6.40. The van der Waals surface area contributed by atoms with Gasteiger partial charge in [0.2, 0.25) is 0 Å². The van der Waals surface area contributed by atoms with E-state index in [2.05, 4.69) is 15.9 Å². The molecule has 1 heterocycles. The molecule has 0 saturated carbocycles. The molecule has 4 nitrogen and oxygen atoms in total. The number of hydrogen-bond donors (Lipinski definition) is 1. The molecule has 1 aliphatic rings. The summed E-state index contributed by atoms with van der Waals surface area (Å²) >= 11 is 3.26. The van der Waals surface area contributed by atoms with Gasteiger partial charge in [0, 0.05) is 36.3 Å². The Bertz CT molecular complexity index is 538. The quantitative estimate of drug-likeness (QED) is 0.721. The van der Waals surface area contributed by atoms with Crippen molar-refractivity contribution in [2.45, 2.75) is 6.18 Å². The lowest BCUT2D eigenvalue weighted by molar-refractivity contribution is -0.148. The standard InChI is InChI=1S/C13H15BrF3N3O.2ClH/c14-9-1-2-10(11(18)7-9)12(21)20-5-3-19(4-6-20)8-13(15,16)17;;/h1-2,7H,3-6,8,18H2;2*1H. The zero-order valence-corrected chi connectivity index (χ0v) is 15.2. The first-order valence-corrected chi connectivity index (χ1v) is 7.19. The summed E-state index contributed by atoms with van der Waals surface area (Å²) in [5, 5.41) is 0. The number of rotatable bonds is 2. The van der Waals surface area contributed by atoms with Crippen molar-refractivity contribution in [3.05, 3.63) is 28.2 Å². The van der Waals surface area contributed by atoms with Crippen LogP contribution in [0.1, 0.15) is 10.4 Å². The highest BCUT2D eigenvalue weighted by Gasteiger charge is 2.33. The minimum absolute atomic E-state index is 0. The Morgan fingerprint density at radius 3 is 2.22 bits per heavy atom. The van der Waals surface area contributed by atoms with Crippen molar-refractivity contribution in [2.24, 2.45) is 0 Å². The monoisotopic (exact) mass is 437 g/mol. The zero-order valence-electron chi connectivity index (χ0n) is 12.0. The van der Waals surface area contributed by atoms with Gasteiger partial charge in [0.05, 0.1) is 12.1 Å². The summed E-state index contributed by atoms with van der Waals surface area (Å²) in [7, 11) is 0. The van der Waals surface area contributed by atoms with Crippen LogP contribution in [0.15, 0.2) is 22.7 Å². The molecule has 0 bridgehead atoms. The third-order valence-corrected chi connectivity index (χ3v) is 3.80. The molecule has 1 fully saturated rings. The Morgan fingerprint density at radius 2 is 1.74 bits per heavy atom. The highest BCUT2D eigenvalue weighted by atomic mass is 79.9. The molecule has 0 aliphatic carbocycles. The van der Waals surface area contributed by atoms with Crippen molar-refractivity contribution < 1.29 is 18.0 Å². The molecule has 10 heteroatoms. The minimum Gasteiger partial charge on any atom is -0.398 e. The van der Waals surface area contributed by atoms with E-state index in [1.54, 1.807) is 18.2 Å². The van der Waals surface area contributed by atoms with Crippen molar-refractivity contribution in [3.63, 3.8) is 0 Å². The third-order valence-electron chi connectivity index (χ3n) is 3.31. The number of halogens is 6. The molecular formula is C13H17BrCl2F3N3O. The highest BCUT2D eigenvalue weighted by Crippen LogP contribution is 2.22. The molecule has 1 amide bonds. The summed E-state index contributed by atoms with van der Waals surface area (Å²) in [6.45, 7) is 0.0215. The van der Waals surface area contributed by atoms with Gasteiger partial charge >= 0.3 is 6.18 Å². The number of hydrogen-bond acceptors (Lipinski definition) is 3. The van der Waals surface area contributed by atoms with E-state index in [4.69, 9.17) is 5.73 Å². The number of amides is 1. The van der Waals surface area contributed by atoms with Gasteiger partial charge in [-0.1, -0.05) is 15.9 Å². The minimum atomic E-state index is -4.21. The Hall–Kier alpha value is -0.700. The molecule has 1 aromatic rings. The van der Waals surface area contributed by atoms with Gasteiger partial charge in [0.15, 0.2) is 0 Å². The van der Waals surface area contributed by atoms with E-state index < -0.39 is 12.7 Å². The molecule has 1 aliphatic heterocycles. The summed E-state index contributed by atoms with van der Waals surface area (Å²) in [6, 6.07) is 4.96. The molecule has 0 radical (unpaired) electrons. The normalized spacial score (nSPS) is 15.6. The number of carbonyl (C=O) groups is 1. The fourth-order valence-corrected chi connectivity index (χ4v) is 2.64. The van der Waals surface area contributed by atoms with Crippen LogP contribution in [0.4, 0.5) is 18.9 Å². The van der Waals surface area contributed by atoms with Crippen molar-refractivity contribution in [1.29, 1.82) is 0 Å². The van der Waals surface area contributed by atoms with Gasteiger partial charge in [-0.15, -0.1) is 24.8 Å². The third kappa shape index (κ3) is 6.37. The number of piperazine rings is 1. The lowest BCUT2D eigenvalue weighted by Gasteiger charge is -2.35.